The number of carbonyl (C=O) groups is 1. The maximum Gasteiger partial charge on any atom is 0.269 e. The number of nitrogens with zero attached hydrogens (tertiary/aromatic N) is 1. The highest BCUT2D eigenvalue weighted by atomic mass is 35.5. The van der Waals surface area contributed by atoms with E-state index in [2.05, 4.69) is 5.32 Å². The van der Waals surface area contributed by atoms with E-state index in [9.17, 15) is 14.9 Å². The number of rotatable bonds is 4. The minimum Gasteiger partial charge on any atom is -0.321 e. The van der Waals surface area contributed by atoms with Crippen LogP contribution in [0.15, 0.2) is 42.5 Å². The number of benzene rings is 2. The largest absolute Gasteiger partial charge is 0.321 e. The number of anilines is 1. The van der Waals surface area contributed by atoms with E-state index in [1.165, 1.54) is 48.6 Å². The van der Waals surface area contributed by atoms with Gasteiger partial charge in [0.2, 0.25) is 5.91 Å². The van der Waals surface area contributed by atoms with Gasteiger partial charge in [-0.3, -0.25) is 14.9 Å². The lowest BCUT2D eigenvalue weighted by Gasteiger charge is -2.06. The van der Waals surface area contributed by atoms with Gasteiger partial charge in [0, 0.05) is 18.2 Å². The van der Waals surface area contributed by atoms with Crippen LogP contribution < -0.4 is 5.32 Å². The molecule has 2 rings (SSSR count). The van der Waals surface area contributed by atoms with Gasteiger partial charge in [0.1, 0.15) is 0 Å². The van der Waals surface area contributed by atoms with Crippen molar-refractivity contribution in [3.05, 3.63) is 73.2 Å². The SMILES string of the molecule is O=C(C=Cc1ccc([N+](=O)[O-])cc1)Nc1cc(Cl)c(Cl)cc1Cl. The zero-order valence-electron chi connectivity index (χ0n) is 11.4. The normalized spacial score (nSPS) is 10.7. The molecule has 1 N–H and O–H groups in total. The highest BCUT2D eigenvalue weighted by Crippen LogP contribution is 2.32. The molecule has 0 aliphatic rings. The standard InChI is InChI=1S/C15H9Cl3N2O3/c16-11-7-13(18)14(8-12(11)17)19-15(21)6-3-9-1-4-10(5-2-9)20(22)23/h1-8H,(H,19,21). The predicted octanol–water partition coefficient (Wildman–Crippen LogP) is 5.21. The lowest BCUT2D eigenvalue weighted by Crippen LogP contribution is -2.08. The summed E-state index contributed by atoms with van der Waals surface area (Å²) in [5.74, 6) is -0.427. The summed E-state index contributed by atoms with van der Waals surface area (Å²) in [6.45, 7) is 0. The van der Waals surface area contributed by atoms with Crippen molar-refractivity contribution < 1.29 is 9.72 Å². The van der Waals surface area contributed by atoms with Gasteiger partial charge in [-0.05, 0) is 35.9 Å². The predicted molar refractivity (Wildman–Crippen MR) is 92.2 cm³/mol. The third-order valence-corrected chi connectivity index (χ3v) is 3.83. The molecule has 0 aliphatic carbocycles. The van der Waals surface area contributed by atoms with Crippen molar-refractivity contribution in [3.8, 4) is 0 Å². The van der Waals surface area contributed by atoms with Crippen molar-refractivity contribution in [1.29, 1.82) is 0 Å². The van der Waals surface area contributed by atoms with Crippen molar-refractivity contribution in [2.24, 2.45) is 0 Å². The first-order chi connectivity index (χ1) is 10.9. The summed E-state index contributed by atoms with van der Waals surface area (Å²) in [6, 6.07) is 8.66. The molecule has 0 saturated heterocycles. The molecule has 118 valence electrons. The highest BCUT2D eigenvalue weighted by Gasteiger charge is 2.08. The van der Waals surface area contributed by atoms with Gasteiger partial charge in [-0.15, -0.1) is 0 Å². The minimum absolute atomic E-state index is 0.0193. The molecule has 0 atom stereocenters. The third kappa shape index (κ3) is 4.69. The number of non-ortho nitro benzene ring substituents is 1. The molecule has 0 aliphatic heterocycles. The van der Waals surface area contributed by atoms with Crippen LogP contribution in [0.4, 0.5) is 11.4 Å². The van der Waals surface area contributed by atoms with Crippen molar-refractivity contribution in [1.82, 2.24) is 0 Å². The quantitative estimate of drug-likeness (QED) is 0.347. The Morgan fingerprint density at radius 1 is 1.04 bits per heavy atom. The molecule has 2 aromatic rings. The number of hydrogen-bond acceptors (Lipinski definition) is 3. The fourth-order valence-electron chi connectivity index (χ4n) is 1.67. The molecule has 1 amide bonds. The average Bonchev–Trinajstić information content (AvgIpc) is 2.51. The molecule has 0 unspecified atom stereocenters. The van der Waals surface area contributed by atoms with Crippen LogP contribution in [0.5, 0.6) is 0 Å². The minimum atomic E-state index is -0.494. The number of nitrogens with one attached hydrogen (secondary N) is 1. The van der Waals surface area contributed by atoms with Crippen LogP contribution in [0.1, 0.15) is 5.56 Å². The average molecular weight is 372 g/mol. The number of carbonyl (C=O) groups excluding carboxylic acids is 1. The zero-order valence-corrected chi connectivity index (χ0v) is 13.7. The van der Waals surface area contributed by atoms with Crippen molar-refractivity contribution >= 4 is 58.2 Å². The Morgan fingerprint density at radius 2 is 1.65 bits per heavy atom. The lowest BCUT2D eigenvalue weighted by atomic mass is 10.2. The first-order valence-corrected chi connectivity index (χ1v) is 7.38. The molecule has 0 fully saturated rings. The Hall–Kier alpha value is -2.08. The van der Waals surface area contributed by atoms with E-state index in [4.69, 9.17) is 34.8 Å². The topological polar surface area (TPSA) is 72.2 Å². The summed E-state index contributed by atoms with van der Waals surface area (Å²) in [5.41, 5.74) is 0.958. The summed E-state index contributed by atoms with van der Waals surface area (Å²) in [7, 11) is 0. The molecular weight excluding hydrogens is 363 g/mol. The zero-order chi connectivity index (χ0) is 17.0. The van der Waals surface area contributed by atoms with Crippen LogP contribution in [-0.4, -0.2) is 10.8 Å². The van der Waals surface area contributed by atoms with E-state index < -0.39 is 10.8 Å². The van der Waals surface area contributed by atoms with Crippen molar-refractivity contribution in [2.75, 3.05) is 5.32 Å². The molecule has 0 aromatic heterocycles. The van der Waals surface area contributed by atoms with Crippen LogP contribution in [0.2, 0.25) is 15.1 Å². The monoisotopic (exact) mass is 370 g/mol. The summed E-state index contributed by atoms with van der Waals surface area (Å²) in [4.78, 5) is 21.9. The lowest BCUT2D eigenvalue weighted by molar-refractivity contribution is -0.384. The maximum absolute atomic E-state index is 11.9. The first kappa shape index (κ1) is 17.3. The summed E-state index contributed by atoms with van der Waals surface area (Å²) < 4.78 is 0. The molecule has 0 bridgehead atoms. The van der Waals surface area contributed by atoms with E-state index in [0.717, 1.165) is 0 Å². The van der Waals surface area contributed by atoms with E-state index in [0.29, 0.717) is 11.3 Å². The molecule has 8 heteroatoms. The summed E-state index contributed by atoms with van der Waals surface area (Å²) >= 11 is 17.6. The Kier molecular flexibility index (Phi) is 5.60. The van der Waals surface area contributed by atoms with E-state index in [1.54, 1.807) is 0 Å². The fraction of sp³-hybridized carbons (Fsp3) is 0. The van der Waals surface area contributed by atoms with E-state index in [1.807, 2.05) is 0 Å². The molecule has 0 radical (unpaired) electrons. The second-order valence-electron chi connectivity index (χ2n) is 4.42. The number of halogens is 3. The fourth-order valence-corrected chi connectivity index (χ4v) is 2.27. The van der Waals surface area contributed by atoms with Gasteiger partial charge in [-0.25, -0.2) is 0 Å². The number of nitro groups is 1. The van der Waals surface area contributed by atoms with Crippen LogP contribution >= 0.6 is 34.8 Å². The molecule has 2 aromatic carbocycles. The highest BCUT2D eigenvalue weighted by molar-refractivity contribution is 6.44. The Labute approximate surface area is 146 Å². The Balaban J connectivity index is 2.07. The summed E-state index contributed by atoms with van der Waals surface area (Å²) in [5, 5.41) is 13.9. The number of hydrogen-bond donors (Lipinski definition) is 1. The van der Waals surface area contributed by atoms with E-state index in [-0.39, 0.29) is 20.8 Å². The van der Waals surface area contributed by atoms with Crippen LogP contribution in [0.25, 0.3) is 6.08 Å². The van der Waals surface area contributed by atoms with Crippen LogP contribution in [-0.2, 0) is 4.79 Å². The Bertz CT molecular complexity index is 789. The van der Waals surface area contributed by atoms with Gasteiger partial charge in [-0.2, -0.15) is 0 Å². The number of nitro benzene ring substituents is 1. The van der Waals surface area contributed by atoms with Crippen molar-refractivity contribution in [2.45, 2.75) is 0 Å². The van der Waals surface area contributed by atoms with Gasteiger partial charge in [-0.1, -0.05) is 34.8 Å². The first-order valence-electron chi connectivity index (χ1n) is 6.25. The van der Waals surface area contributed by atoms with Gasteiger partial charge in [0.05, 0.1) is 25.7 Å². The smallest absolute Gasteiger partial charge is 0.269 e. The van der Waals surface area contributed by atoms with Crippen LogP contribution in [0.3, 0.4) is 0 Å². The number of amides is 1. The second kappa shape index (κ2) is 7.46. The van der Waals surface area contributed by atoms with Crippen LogP contribution in [0, 0.1) is 10.1 Å². The van der Waals surface area contributed by atoms with Gasteiger partial charge in [0.25, 0.3) is 5.69 Å². The maximum atomic E-state index is 11.9. The second-order valence-corrected chi connectivity index (χ2v) is 5.64. The molecule has 0 spiro atoms. The Morgan fingerprint density at radius 3 is 2.26 bits per heavy atom. The molecule has 5 nitrogen and oxygen atoms in total. The van der Waals surface area contributed by atoms with Crippen molar-refractivity contribution in [3.63, 3.8) is 0 Å². The van der Waals surface area contributed by atoms with Gasteiger partial charge < -0.3 is 5.32 Å². The molecule has 0 heterocycles. The summed E-state index contributed by atoms with van der Waals surface area (Å²) in [6.07, 6.45) is 2.80. The van der Waals surface area contributed by atoms with E-state index >= 15 is 0 Å². The molecular formula is C15H9Cl3N2O3. The van der Waals surface area contributed by atoms with Gasteiger partial charge >= 0.3 is 0 Å². The third-order valence-electron chi connectivity index (χ3n) is 2.80. The molecule has 23 heavy (non-hydrogen) atoms. The molecule has 0 saturated carbocycles. The van der Waals surface area contributed by atoms with Gasteiger partial charge in [0.15, 0.2) is 0 Å².